The second-order valence-electron chi connectivity index (χ2n) is 8.07. The maximum Gasteiger partial charge on any atom is 0.312 e. The van der Waals surface area contributed by atoms with Gasteiger partial charge in [0.1, 0.15) is 23.0 Å². The lowest BCUT2D eigenvalue weighted by Gasteiger charge is -2.26. The lowest BCUT2D eigenvalue weighted by atomic mass is 9.84. The van der Waals surface area contributed by atoms with Gasteiger partial charge in [0.15, 0.2) is 17.3 Å². The van der Waals surface area contributed by atoms with Crippen LogP contribution in [-0.2, 0) is 4.79 Å². The van der Waals surface area contributed by atoms with Gasteiger partial charge in [0.25, 0.3) is 0 Å². The summed E-state index contributed by atoms with van der Waals surface area (Å²) in [7, 11) is 4.56. The monoisotopic (exact) mass is 474 g/mol. The van der Waals surface area contributed by atoms with Crippen molar-refractivity contribution in [3.63, 3.8) is 0 Å². The summed E-state index contributed by atoms with van der Waals surface area (Å²) in [6.07, 6.45) is 1.66. The Kier molecular flexibility index (Phi) is 5.56. The van der Waals surface area contributed by atoms with Gasteiger partial charge in [0.05, 0.1) is 33.3 Å². The van der Waals surface area contributed by atoms with E-state index in [9.17, 15) is 14.7 Å². The average Bonchev–Trinajstić information content (AvgIpc) is 3.18. The van der Waals surface area contributed by atoms with Gasteiger partial charge in [-0.1, -0.05) is 12.1 Å². The summed E-state index contributed by atoms with van der Waals surface area (Å²) in [5, 5.41) is 9.68. The van der Waals surface area contributed by atoms with Crippen molar-refractivity contribution in [1.82, 2.24) is 0 Å². The molecule has 8 nitrogen and oxygen atoms in total. The molecule has 3 aromatic rings. The maximum atomic E-state index is 13.3. The van der Waals surface area contributed by atoms with Crippen molar-refractivity contribution in [3.8, 4) is 34.5 Å². The number of rotatable bonds is 5. The molecule has 1 N–H and O–H groups in total. The number of esters is 1. The minimum Gasteiger partial charge on any atom is -0.508 e. The third-order valence-corrected chi connectivity index (χ3v) is 6.10. The smallest absolute Gasteiger partial charge is 0.312 e. The summed E-state index contributed by atoms with van der Waals surface area (Å²) in [4.78, 5) is 25.6. The topological polar surface area (TPSA) is 101 Å². The molecule has 8 heteroatoms. The van der Waals surface area contributed by atoms with Crippen LogP contribution < -0.4 is 23.7 Å². The Morgan fingerprint density at radius 2 is 1.57 bits per heavy atom. The molecule has 0 spiro atoms. The summed E-state index contributed by atoms with van der Waals surface area (Å²) in [6, 6.07) is 13.2. The first kappa shape index (κ1) is 22.3. The largest absolute Gasteiger partial charge is 0.508 e. The summed E-state index contributed by atoms with van der Waals surface area (Å²) in [5.74, 6) is 1.25. The number of benzene rings is 3. The molecular formula is C27H22O8. The van der Waals surface area contributed by atoms with Crippen molar-refractivity contribution in [2.45, 2.75) is 12.3 Å². The Balaban J connectivity index is 1.60. The Morgan fingerprint density at radius 1 is 0.886 bits per heavy atom. The van der Waals surface area contributed by atoms with Gasteiger partial charge in [-0.3, -0.25) is 9.59 Å². The number of carbonyl (C=O) groups is 2. The normalized spacial score (nSPS) is 17.3. The van der Waals surface area contributed by atoms with Gasteiger partial charge in [0, 0.05) is 23.1 Å². The number of methoxy groups -OCH3 is 3. The lowest BCUT2D eigenvalue weighted by molar-refractivity contribution is -0.135. The van der Waals surface area contributed by atoms with Gasteiger partial charge in [-0.15, -0.1) is 0 Å². The van der Waals surface area contributed by atoms with Crippen LogP contribution in [0.25, 0.3) is 6.08 Å². The number of carbonyl (C=O) groups excluding carboxylic acids is 2. The molecule has 0 amide bonds. The lowest BCUT2D eigenvalue weighted by Crippen LogP contribution is -2.21. The van der Waals surface area contributed by atoms with Gasteiger partial charge in [-0.05, 0) is 42.0 Å². The van der Waals surface area contributed by atoms with Crippen LogP contribution in [0.15, 0.2) is 54.3 Å². The van der Waals surface area contributed by atoms with Crippen molar-refractivity contribution in [2.24, 2.45) is 0 Å². The molecule has 3 aromatic carbocycles. The van der Waals surface area contributed by atoms with E-state index in [1.165, 1.54) is 21.3 Å². The zero-order chi connectivity index (χ0) is 24.7. The number of phenolic OH excluding ortho intramolecular Hbond substituents is 1. The van der Waals surface area contributed by atoms with Crippen LogP contribution in [0.2, 0.25) is 0 Å². The number of ketones is 1. The SMILES string of the molecule is COc1cc(OC)c(OC)cc1/C=C1\Oc2c(ccc3c2[C@H](c2ccc(O)cc2)CC(=O)O3)C1=O. The minimum absolute atomic E-state index is 0.0777. The second kappa shape index (κ2) is 8.72. The molecule has 1 atom stereocenters. The van der Waals surface area contributed by atoms with E-state index in [0.717, 1.165) is 5.56 Å². The zero-order valence-electron chi connectivity index (χ0n) is 19.3. The van der Waals surface area contributed by atoms with Crippen molar-refractivity contribution >= 4 is 17.8 Å². The Morgan fingerprint density at radius 3 is 2.26 bits per heavy atom. The molecule has 0 fully saturated rings. The first-order valence-corrected chi connectivity index (χ1v) is 10.8. The molecule has 0 bridgehead atoms. The van der Waals surface area contributed by atoms with Crippen LogP contribution in [0.3, 0.4) is 0 Å². The van der Waals surface area contributed by atoms with Gasteiger partial charge in [-0.25, -0.2) is 0 Å². The van der Waals surface area contributed by atoms with E-state index in [-0.39, 0.29) is 29.7 Å². The van der Waals surface area contributed by atoms with E-state index >= 15 is 0 Å². The van der Waals surface area contributed by atoms with Crippen LogP contribution in [0.5, 0.6) is 34.5 Å². The number of hydrogen-bond donors (Lipinski definition) is 1. The Hall–Kier alpha value is -4.46. The molecule has 0 saturated carbocycles. The highest BCUT2D eigenvalue weighted by molar-refractivity contribution is 6.15. The molecule has 0 aromatic heterocycles. The van der Waals surface area contributed by atoms with Gasteiger partial charge in [0.2, 0.25) is 5.78 Å². The Bertz CT molecular complexity index is 1370. The van der Waals surface area contributed by atoms with E-state index in [2.05, 4.69) is 0 Å². The first-order valence-electron chi connectivity index (χ1n) is 10.8. The molecule has 35 heavy (non-hydrogen) atoms. The molecular weight excluding hydrogens is 452 g/mol. The standard InChI is InChI=1S/C27H22O8/c1-31-20-13-22(33-3)21(32-2)10-15(20)11-23-26(30)17-8-9-19-25(27(17)35-23)18(12-24(29)34-19)14-4-6-16(28)7-5-14/h4-11,13,18,28H,12H2,1-3H3/b23-11-/t18-/m0/s1. The van der Waals surface area contributed by atoms with Crippen LogP contribution >= 0.6 is 0 Å². The highest BCUT2D eigenvalue weighted by atomic mass is 16.5. The van der Waals surface area contributed by atoms with Gasteiger partial charge in [-0.2, -0.15) is 0 Å². The molecule has 178 valence electrons. The highest BCUT2D eigenvalue weighted by Gasteiger charge is 2.38. The number of hydrogen-bond acceptors (Lipinski definition) is 8. The molecule has 0 radical (unpaired) electrons. The van der Waals surface area contributed by atoms with Crippen molar-refractivity contribution < 1.29 is 38.4 Å². The highest BCUT2D eigenvalue weighted by Crippen LogP contribution is 2.49. The quantitative estimate of drug-likeness (QED) is 0.328. The van der Waals surface area contributed by atoms with Crippen molar-refractivity contribution in [1.29, 1.82) is 0 Å². The van der Waals surface area contributed by atoms with Crippen molar-refractivity contribution in [3.05, 3.63) is 76.5 Å². The fourth-order valence-electron chi connectivity index (χ4n) is 4.40. The fraction of sp³-hybridized carbons (Fsp3) is 0.185. The van der Waals surface area contributed by atoms with E-state index in [1.54, 1.807) is 54.6 Å². The van der Waals surface area contributed by atoms with Crippen LogP contribution in [0.1, 0.15) is 39.4 Å². The summed E-state index contributed by atoms with van der Waals surface area (Å²) < 4.78 is 27.8. The van der Waals surface area contributed by atoms with Gasteiger partial charge < -0.3 is 28.8 Å². The molecule has 0 saturated heterocycles. The molecule has 0 unspecified atom stereocenters. The molecule has 2 aliphatic heterocycles. The van der Waals surface area contributed by atoms with Crippen LogP contribution in [0, 0.1) is 0 Å². The predicted molar refractivity (Wildman–Crippen MR) is 126 cm³/mol. The molecule has 2 aliphatic rings. The van der Waals surface area contributed by atoms with E-state index in [4.69, 9.17) is 23.7 Å². The maximum absolute atomic E-state index is 13.3. The average molecular weight is 474 g/mol. The number of fused-ring (bicyclic) bond motifs is 3. The third kappa shape index (κ3) is 3.82. The van der Waals surface area contributed by atoms with E-state index < -0.39 is 5.92 Å². The summed E-state index contributed by atoms with van der Waals surface area (Å²) >= 11 is 0. The summed E-state index contributed by atoms with van der Waals surface area (Å²) in [6.45, 7) is 0. The van der Waals surface area contributed by atoms with E-state index in [1.807, 2.05) is 0 Å². The fourth-order valence-corrected chi connectivity index (χ4v) is 4.40. The number of ether oxygens (including phenoxy) is 5. The van der Waals surface area contributed by atoms with E-state index in [0.29, 0.717) is 45.4 Å². The van der Waals surface area contributed by atoms with Crippen LogP contribution in [0.4, 0.5) is 0 Å². The third-order valence-electron chi connectivity index (χ3n) is 6.10. The summed E-state index contributed by atoms with van der Waals surface area (Å²) in [5.41, 5.74) is 2.35. The molecule has 5 rings (SSSR count). The Labute approximate surface area is 201 Å². The van der Waals surface area contributed by atoms with Crippen molar-refractivity contribution in [2.75, 3.05) is 21.3 Å². The predicted octanol–water partition coefficient (Wildman–Crippen LogP) is 4.48. The molecule has 0 aliphatic carbocycles. The van der Waals surface area contributed by atoms with Crippen LogP contribution in [-0.4, -0.2) is 38.2 Å². The number of allylic oxidation sites excluding steroid dienone is 1. The molecule has 2 heterocycles. The number of phenols is 1. The second-order valence-corrected chi connectivity index (χ2v) is 8.07. The number of aromatic hydroxyl groups is 1. The zero-order valence-corrected chi connectivity index (χ0v) is 19.3. The minimum atomic E-state index is -0.399. The first-order chi connectivity index (χ1) is 16.9. The van der Waals surface area contributed by atoms with Gasteiger partial charge >= 0.3 is 5.97 Å². The number of Topliss-reactive ketones (excluding diaryl/α,β-unsaturated/α-hetero) is 1.